The van der Waals surface area contributed by atoms with Crippen LogP contribution in [-0.2, 0) is 6.54 Å². The number of aromatic nitrogens is 6. The molecule has 0 unspecified atom stereocenters. The van der Waals surface area contributed by atoms with Crippen LogP contribution in [0.2, 0.25) is 0 Å². The molecule has 142 valence electrons. The number of nitrogens with zero attached hydrogens (tertiary/aromatic N) is 6. The first kappa shape index (κ1) is 17.5. The molecule has 4 aromatic heterocycles. The Morgan fingerprint density at radius 3 is 2.86 bits per heavy atom. The molecule has 0 spiro atoms. The van der Waals surface area contributed by atoms with Crippen molar-refractivity contribution < 1.29 is 8.81 Å². The van der Waals surface area contributed by atoms with Gasteiger partial charge in [-0.15, -0.1) is 10.2 Å². The van der Waals surface area contributed by atoms with Gasteiger partial charge in [0.15, 0.2) is 11.0 Å². The average molecular weight is 404 g/mol. The van der Waals surface area contributed by atoms with E-state index in [0.29, 0.717) is 33.5 Å². The van der Waals surface area contributed by atoms with Gasteiger partial charge in [0, 0.05) is 23.3 Å². The maximum absolute atomic E-state index is 13.8. The Hall–Kier alpha value is -3.59. The molecule has 0 saturated carbocycles. The van der Waals surface area contributed by atoms with Gasteiger partial charge in [-0.25, -0.2) is 14.4 Å². The van der Waals surface area contributed by atoms with Crippen LogP contribution < -0.4 is 0 Å². The fourth-order valence-electron chi connectivity index (χ4n) is 2.95. The van der Waals surface area contributed by atoms with Gasteiger partial charge in [-0.1, -0.05) is 0 Å². The van der Waals surface area contributed by atoms with Crippen molar-refractivity contribution in [1.82, 2.24) is 29.7 Å². The fraction of sp³-hybridized carbons (Fsp3) is 0.0500. The summed E-state index contributed by atoms with van der Waals surface area (Å²) < 4.78 is 21.2. The van der Waals surface area contributed by atoms with Crippen LogP contribution in [0.1, 0.15) is 5.76 Å². The smallest absolute Gasteiger partial charge is 0.198 e. The number of pyridine rings is 1. The van der Waals surface area contributed by atoms with Crippen molar-refractivity contribution in [2.45, 2.75) is 16.7 Å². The summed E-state index contributed by atoms with van der Waals surface area (Å²) in [6, 6.07) is 11.9. The van der Waals surface area contributed by atoms with Gasteiger partial charge in [-0.2, -0.15) is 0 Å². The van der Waals surface area contributed by atoms with E-state index in [4.69, 9.17) is 4.42 Å². The van der Waals surface area contributed by atoms with Crippen LogP contribution in [0.3, 0.4) is 0 Å². The third-order valence-electron chi connectivity index (χ3n) is 4.28. The summed E-state index contributed by atoms with van der Waals surface area (Å²) in [5.74, 6) is 1.07. The Bertz CT molecular complexity index is 1270. The third-order valence-corrected chi connectivity index (χ3v) is 5.28. The highest BCUT2D eigenvalue weighted by Crippen LogP contribution is 2.32. The molecule has 0 N–H and O–H groups in total. The van der Waals surface area contributed by atoms with Crippen molar-refractivity contribution >= 4 is 22.7 Å². The van der Waals surface area contributed by atoms with Gasteiger partial charge in [-0.3, -0.25) is 9.55 Å². The summed E-state index contributed by atoms with van der Waals surface area (Å²) >= 11 is 1.30. The second-order valence-corrected chi connectivity index (χ2v) is 7.11. The zero-order valence-electron chi connectivity index (χ0n) is 14.9. The molecule has 0 aliphatic rings. The van der Waals surface area contributed by atoms with Gasteiger partial charge < -0.3 is 4.42 Å². The SMILES string of the molecule is Fc1ccc2ncnc(Sc3nnc(-c4cccnc4)n3Cc3ccco3)c2c1. The number of furan rings is 1. The second-order valence-electron chi connectivity index (χ2n) is 6.16. The van der Waals surface area contributed by atoms with Crippen molar-refractivity contribution in [3.63, 3.8) is 0 Å². The number of halogens is 1. The molecule has 0 atom stereocenters. The largest absolute Gasteiger partial charge is 0.467 e. The quantitative estimate of drug-likeness (QED) is 0.406. The monoisotopic (exact) mass is 404 g/mol. The normalized spacial score (nSPS) is 11.2. The molecule has 5 rings (SSSR count). The Balaban J connectivity index is 1.60. The van der Waals surface area contributed by atoms with E-state index in [-0.39, 0.29) is 5.82 Å². The summed E-state index contributed by atoms with van der Waals surface area (Å²) in [5.41, 5.74) is 1.49. The van der Waals surface area contributed by atoms with Gasteiger partial charge in [0.05, 0.1) is 18.3 Å². The summed E-state index contributed by atoms with van der Waals surface area (Å²) in [6.07, 6.45) is 6.51. The zero-order valence-corrected chi connectivity index (χ0v) is 15.8. The minimum Gasteiger partial charge on any atom is -0.467 e. The van der Waals surface area contributed by atoms with E-state index in [9.17, 15) is 4.39 Å². The van der Waals surface area contributed by atoms with Crippen molar-refractivity contribution in [3.05, 3.63) is 79.0 Å². The molecule has 0 bridgehead atoms. The number of hydrogen-bond donors (Lipinski definition) is 0. The Morgan fingerprint density at radius 2 is 2.03 bits per heavy atom. The highest BCUT2D eigenvalue weighted by molar-refractivity contribution is 7.99. The summed E-state index contributed by atoms with van der Waals surface area (Å²) in [5, 5.41) is 10.5. The molecular weight excluding hydrogens is 391 g/mol. The molecule has 0 fully saturated rings. The first-order valence-corrected chi connectivity index (χ1v) is 9.54. The highest BCUT2D eigenvalue weighted by atomic mass is 32.2. The van der Waals surface area contributed by atoms with Crippen LogP contribution in [0.5, 0.6) is 0 Å². The topological polar surface area (TPSA) is 82.5 Å². The van der Waals surface area contributed by atoms with Crippen molar-refractivity contribution in [3.8, 4) is 11.4 Å². The fourth-order valence-corrected chi connectivity index (χ4v) is 3.84. The molecule has 0 amide bonds. The van der Waals surface area contributed by atoms with Crippen LogP contribution in [-0.4, -0.2) is 29.7 Å². The second kappa shape index (κ2) is 7.44. The first-order valence-electron chi connectivity index (χ1n) is 8.72. The van der Waals surface area contributed by atoms with Gasteiger partial charge in [-0.05, 0) is 54.2 Å². The van der Waals surface area contributed by atoms with E-state index in [1.807, 2.05) is 28.8 Å². The van der Waals surface area contributed by atoms with Crippen LogP contribution in [0, 0.1) is 5.82 Å². The highest BCUT2D eigenvalue weighted by Gasteiger charge is 2.18. The minimum absolute atomic E-state index is 0.345. The molecule has 0 radical (unpaired) electrons. The lowest BCUT2D eigenvalue weighted by atomic mass is 10.2. The van der Waals surface area contributed by atoms with E-state index in [2.05, 4.69) is 25.1 Å². The third kappa shape index (κ3) is 3.47. The van der Waals surface area contributed by atoms with Gasteiger partial charge in [0.25, 0.3) is 0 Å². The summed E-state index contributed by atoms with van der Waals surface area (Å²) in [4.78, 5) is 12.7. The van der Waals surface area contributed by atoms with E-state index >= 15 is 0 Å². The number of fused-ring (bicyclic) bond motifs is 1. The molecule has 1 aromatic carbocycles. The van der Waals surface area contributed by atoms with E-state index < -0.39 is 0 Å². The van der Waals surface area contributed by atoms with E-state index in [1.54, 1.807) is 24.7 Å². The number of benzene rings is 1. The van der Waals surface area contributed by atoms with Crippen LogP contribution in [0.4, 0.5) is 4.39 Å². The van der Waals surface area contributed by atoms with E-state index in [1.165, 1.54) is 30.2 Å². The molecule has 9 heteroatoms. The molecule has 0 aliphatic heterocycles. The van der Waals surface area contributed by atoms with Crippen molar-refractivity contribution in [2.75, 3.05) is 0 Å². The molecule has 0 saturated heterocycles. The average Bonchev–Trinajstić information content (AvgIpc) is 3.40. The van der Waals surface area contributed by atoms with Crippen molar-refractivity contribution in [2.24, 2.45) is 0 Å². The first-order chi connectivity index (χ1) is 14.3. The van der Waals surface area contributed by atoms with Gasteiger partial charge >= 0.3 is 0 Å². The molecule has 7 nitrogen and oxygen atoms in total. The maximum atomic E-state index is 13.8. The van der Waals surface area contributed by atoms with Crippen LogP contribution in [0.25, 0.3) is 22.3 Å². The summed E-state index contributed by atoms with van der Waals surface area (Å²) in [6.45, 7) is 0.434. The molecule has 4 heterocycles. The molecule has 29 heavy (non-hydrogen) atoms. The van der Waals surface area contributed by atoms with E-state index in [0.717, 1.165) is 11.3 Å². The molecule has 5 aromatic rings. The standard InChI is InChI=1S/C20H13FN6OS/c21-14-5-6-17-16(9-14)19(24-12-23-17)29-20-26-25-18(13-3-1-7-22-10-13)27(20)11-15-4-2-8-28-15/h1-10,12H,11H2. The maximum Gasteiger partial charge on any atom is 0.198 e. The predicted molar refractivity (Wildman–Crippen MR) is 105 cm³/mol. The predicted octanol–water partition coefficient (Wildman–Crippen LogP) is 4.21. The van der Waals surface area contributed by atoms with Crippen molar-refractivity contribution in [1.29, 1.82) is 0 Å². The zero-order chi connectivity index (χ0) is 19.6. The van der Waals surface area contributed by atoms with Gasteiger partial charge in [0.2, 0.25) is 0 Å². The summed E-state index contributed by atoms with van der Waals surface area (Å²) in [7, 11) is 0. The lowest BCUT2D eigenvalue weighted by molar-refractivity contribution is 0.485. The number of hydrogen-bond acceptors (Lipinski definition) is 7. The van der Waals surface area contributed by atoms with Crippen LogP contribution >= 0.6 is 11.8 Å². The van der Waals surface area contributed by atoms with Gasteiger partial charge in [0.1, 0.15) is 22.9 Å². The number of rotatable bonds is 5. The Kier molecular flexibility index (Phi) is 4.49. The minimum atomic E-state index is -0.345. The lowest BCUT2D eigenvalue weighted by Gasteiger charge is -2.09. The molecule has 0 aliphatic carbocycles. The Labute approximate surface area is 168 Å². The van der Waals surface area contributed by atoms with Crippen LogP contribution in [0.15, 0.2) is 82.0 Å². The molecular formula is C20H13FN6OS. The lowest BCUT2D eigenvalue weighted by Crippen LogP contribution is -2.03. The Morgan fingerprint density at radius 1 is 1.07 bits per heavy atom.